The summed E-state index contributed by atoms with van der Waals surface area (Å²) >= 11 is 0. The van der Waals surface area contributed by atoms with Gasteiger partial charge in [-0.05, 0) is 56.8 Å². The predicted molar refractivity (Wildman–Crippen MR) is 96.9 cm³/mol. The van der Waals surface area contributed by atoms with E-state index in [2.05, 4.69) is 18.0 Å². The van der Waals surface area contributed by atoms with Gasteiger partial charge in [0.05, 0.1) is 0 Å². The molecule has 6 heteroatoms. The highest BCUT2D eigenvalue weighted by Gasteiger charge is 2.66. The predicted octanol–water partition coefficient (Wildman–Crippen LogP) is 2.21. The zero-order valence-electron chi connectivity index (χ0n) is 16.0. The molecule has 0 unspecified atom stereocenters. The smallest absolute Gasteiger partial charge is 0.308 e. The van der Waals surface area contributed by atoms with E-state index < -0.39 is 0 Å². The minimum absolute atomic E-state index is 0.158. The molecule has 144 valence electrons. The first-order valence-corrected chi connectivity index (χ1v) is 9.80. The number of hydrogen-bond donors (Lipinski definition) is 0. The summed E-state index contributed by atoms with van der Waals surface area (Å²) in [5, 5.41) is 0. The molecule has 2 heterocycles. The Hall–Kier alpha value is -2.08. The summed E-state index contributed by atoms with van der Waals surface area (Å²) in [7, 11) is 2.21. The van der Waals surface area contributed by atoms with E-state index >= 15 is 0 Å². The molecule has 2 aliphatic carbocycles. The molecule has 5 atom stereocenters. The third kappa shape index (κ3) is 2.22. The maximum atomic E-state index is 11.7. The van der Waals surface area contributed by atoms with Gasteiger partial charge in [0.15, 0.2) is 11.5 Å². The number of nitrogens with zero attached hydrogens (tertiary/aromatic N) is 1. The molecule has 1 spiro atoms. The van der Waals surface area contributed by atoms with Gasteiger partial charge in [0, 0.05) is 30.9 Å². The molecular weight excluding hydrogens is 346 g/mol. The third-order valence-corrected chi connectivity index (χ3v) is 7.10. The number of benzene rings is 1. The molecule has 1 saturated heterocycles. The van der Waals surface area contributed by atoms with Gasteiger partial charge in [-0.3, -0.25) is 9.59 Å². The van der Waals surface area contributed by atoms with Crippen molar-refractivity contribution in [1.29, 1.82) is 0 Å². The van der Waals surface area contributed by atoms with Crippen LogP contribution in [0.5, 0.6) is 11.5 Å². The standard InChI is InChI=1S/C21H25NO5/c1-11(23)25-16-6-4-13-10-15-14-5-7-17(26-12(2)24)20-21(14,8-9-22(15)3)18(13)19(16)27-20/h4,6,14-15,17,20H,5,7-10H2,1-3H3/t14-,15+,17+,20-,21-/m0/s1. The molecule has 1 saturated carbocycles. The topological polar surface area (TPSA) is 65.1 Å². The van der Waals surface area contributed by atoms with Crippen LogP contribution in [0.4, 0.5) is 0 Å². The van der Waals surface area contributed by atoms with E-state index in [0.29, 0.717) is 23.5 Å². The first kappa shape index (κ1) is 17.0. The quantitative estimate of drug-likeness (QED) is 0.587. The van der Waals surface area contributed by atoms with Crippen molar-refractivity contribution in [2.24, 2.45) is 5.92 Å². The number of ether oxygens (including phenoxy) is 3. The molecule has 2 bridgehead atoms. The molecule has 1 aromatic rings. The van der Waals surface area contributed by atoms with Crippen molar-refractivity contribution in [2.75, 3.05) is 13.6 Å². The summed E-state index contributed by atoms with van der Waals surface area (Å²) < 4.78 is 17.7. The van der Waals surface area contributed by atoms with Gasteiger partial charge >= 0.3 is 11.9 Å². The average molecular weight is 371 g/mol. The minimum Gasteiger partial charge on any atom is -0.481 e. The van der Waals surface area contributed by atoms with Crippen LogP contribution in [0.3, 0.4) is 0 Å². The fraction of sp³-hybridized carbons (Fsp3) is 0.619. The van der Waals surface area contributed by atoms with Gasteiger partial charge in [0.1, 0.15) is 12.2 Å². The Morgan fingerprint density at radius 2 is 2.04 bits per heavy atom. The van der Waals surface area contributed by atoms with Gasteiger partial charge in [0.25, 0.3) is 0 Å². The van der Waals surface area contributed by atoms with Gasteiger partial charge in [-0.2, -0.15) is 0 Å². The monoisotopic (exact) mass is 371 g/mol. The molecule has 1 aromatic carbocycles. The molecule has 2 fully saturated rings. The van der Waals surface area contributed by atoms with Crippen LogP contribution in [-0.4, -0.2) is 48.7 Å². The van der Waals surface area contributed by atoms with Crippen LogP contribution in [0.1, 0.15) is 44.2 Å². The van der Waals surface area contributed by atoms with Crippen molar-refractivity contribution >= 4 is 11.9 Å². The zero-order chi connectivity index (χ0) is 18.9. The Morgan fingerprint density at radius 1 is 1.22 bits per heavy atom. The number of rotatable bonds is 2. The number of carbonyl (C=O) groups is 2. The number of likely N-dealkylation sites (tertiary alicyclic amines) is 1. The maximum absolute atomic E-state index is 11.7. The average Bonchev–Trinajstić information content (AvgIpc) is 2.95. The van der Waals surface area contributed by atoms with Crippen LogP contribution in [0, 0.1) is 5.92 Å². The Kier molecular flexibility index (Phi) is 3.60. The van der Waals surface area contributed by atoms with Crippen molar-refractivity contribution in [2.45, 2.75) is 63.2 Å². The summed E-state index contributed by atoms with van der Waals surface area (Å²) in [6.45, 7) is 3.85. The van der Waals surface area contributed by atoms with E-state index in [1.165, 1.54) is 25.0 Å². The van der Waals surface area contributed by atoms with Crippen molar-refractivity contribution in [3.63, 3.8) is 0 Å². The van der Waals surface area contributed by atoms with Crippen molar-refractivity contribution in [3.05, 3.63) is 23.3 Å². The van der Waals surface area contributed by atoms with E-state index in [-0.39, 0.29) is 29.6 Å². The molecule has 0 N–H and O–H groups in total. The lowest BCUT2D eigenvalue weighted by molar-refractivity contribution is -0.163. The lowest BCUT2D eigenvalue weighted by Gasteiger charge is -2.58. The van der Waals surface area contributed by atoms with Gasteiger partial charge < -0.3 is 19.1 Å². The van der Waals surface area contributed by atoms with Crippen LogP contribution in [-0.2, 0) is 26.2 Å². The number of esters is 2. The first-order valence-electron chi connectivity index (χ1n) is 9.80. The Labute approximate surface area is 158 Å². The highest BCUT2D eigenvalue weighted by Crippen LogP contribution is 2.64. The second-order valence-corrected chi connectivity index (χ2v) is 8.43. The molecule has 2 aliphatic heterocycles. The van der Waals surface area contributed by atoms with E-state index in [0.717, 1.165) is 32.2 Å². The van der Waals surface area contributed by atoms with Crippen molar-refractivity contribution in [3.8, 4) is 11.5 Å². The largest absolute Gasteiger partial charge is 0.481 e. The van der Waals surface area contributed by atoms with Gasteiger partial charge in [-0.15, -0.1) is 0 Å². The van der Waals surface area contributed by atoms with E-state index in [1.807, 2.05) is 6.07 Å². The van der Waals surface area contributed by atoms with Gasteiger partial charge in [0.2, 0.25) is 0 Å². The number of carbonyl (C=O) groups excluding carboxylic acids is 2. The maximum Gasteiger partial charge on any atom is 0.308 e. The molecule has 0 amide bonds. The van der Waals surface area contributed by atoms with Crippen LogP contribution < -0.4 is 9.47 Å². The summed E-state index contributed by atoms with van der Waals surface area (Å²) in [6, 6.07) is 4.41. The molecule has 0 aromatic heterocycles. The van der Waals surface area contributed by atoms with E-state index in [9.17, 15) is 9.59 Å². The summed E-state index contributed by atoms with van der Waals surface area (Å²) in [5.41, 5.74) is 2.33. The minimum atomic E-state index is -0.354. The zero-order valence-corrected chi connectivity index (χ0v) is 16.0. The summed E-state index contributed by atoms with van der Waals surface area (Å²) in [5.74, 6) is 1.03. The summed E-state index contributed by atoms with van der Waals surface area (Å²) in [4.78, 5) is 25.8. The number of likely N-dealkylation sites (N-methyl/N-ethyl adjacent to an activating group) is 1. The Morgan fingerprint density at radius 3 is 2.78 bits per heavy atom. The van der Waals surface area contributed by atoms with E-state index in [4.69, 9.17) is 14.2 Å². The first-order chi connectivity index (χ1) is 12.9. The highest BCUT2D eigenvalue weighted by molar-refractivity contribution is 5.72. The van der Waals surface area contributed by atoms with Crippen molar-refractivity contribution < 1.29 is 23.8 Å². The Bertz CT molecular complexity index is 836. The lowest BCUT2D eigenvalue weighted by atomic mass is 9.51. The molecule has 5 rings (SSSR count). The van der Waals surface area contributed by atoms with Crippen LogP contribution in [0.2, 0.25) is 0 Å². The SMILES string of the molecule is CC(=O)Oc1ccc2c3c1O[C@H]1[C@H](OC(C)=O)CC[C@H]4[C@@H](C2)N(C)CC[C@@]341. The normalized spacial score (nSPS) is 35.8. The molecule has 27 heavy (non-hydrogen) atoms. The summed E-state index contributed by atoms with van der Waals surface area (Å²) in [6.07, 6.45) is 3.32. The molecule has 0 radical (unpaired) electrons. The van der Waals surface area contributed by atoms with Gasteiger partial charge in [-0.1, -0.05) is 6.07 Å². The highest BCUT2D eigenvalue weighted by atomic mass is 16.6. The molecular formula is C21H25NO5. The van der Waals surface area contributed by atoms with Crippen LogP contribution in [0.25, 0.3) is 0 Å². The van der Waals surface area contributed by atoms with E-state index in [1.54, 1.807) is 0 Å². The van der Waals surface area contributed by atoms with Crippen LogP contribution in [0.15, 0.2) is 12.1 Å². The second kappa shape index (κ2) is 5.71. The lowest BCUT2D eigenvalue weighted by Crippen LogP contribution is -2.66. The van der Waals surface area contributed by atoms with Crippen molar-refractivity contribution in [1.82, 2.24) is 4.90 Å². The number of piperidine rings is 1. The third-order valence-electron chi connectivity index (χ3n) is 7.10. The molecule has 6 nitrogen and oxygen atoms in total. The fourth-order valence-electron chi connectivity index (χ4n) is 6.25. The van der Waals surface area contributed by atoms with Gasteiger partial charge in [-0.25, -0.2) is 0 Å². The fourth-order valence-corrected chi connectivity index (χ4v) is 6.25. The molecule has 4 aliphatic rings. The van der Waals surface area contributed by atoms with Crippen LogP contribution >= 0.6 is 0 Å². The second-order valence-electron chi connectivity index (χ2n) is 8.43. The number of hydrogen-bond acceptors (Lipinski definition) is 6. The Balaban J connectivity index is 1.69.